The minimum Gasteiger partial charge on any atom is -0.485 e. The van der Waals surface area contributed by atoms with Gasteiger partial charge in [-0.15, -0.1) is 0 Å². The van der Waals surface area contributed by atoms with Crippen molar-refractivity contribution >= 4 is 22.5 Å². The van der Waals surface area contributed by atoms with Gasteiger partial charge < -0.3 is 14.0 Å². The first-order chi connectivity index (χ1) is 16.3. The average molecular weight is 467 g/mol. The lowest BCUT2D eigenvalue weighted by atomic mass is 10.1. The Labute approximate surface area is 193 Å². The molecular weight excluding hydrogens is 447 g/mol. The highest BCUT2D eigenvalue weighted by atomic mass is 19.4. The molecule has 0 atom stereocenters. The van der Waals surface area contributed by atoms with E-state index >= 15 is 0 Å². The second-order valence-electron chi connectivity index (χ2n) is 7.53. The number of oxime groups is 1. The van der Waals surface area contributed by atoms with Crippen molar-refractivity contribution in [3.05, 3.63) is 101 Å². The molecule has 8 heteroatoms. The Morgan fingerprint density at radius 2 is 1.71 bits per heavy atom. The standard InChI is InChI=1S/C26H20F3NO4/c1-17(30-33-15-18-7-9-21(10-8-18)26(27,28)29)25-14-20-13-22(11-12-24(20)34-25)32-16-23(31)19-5-3-2-4-6-19/h2-14H,15-16H2,1H3/b30-17+. The van der Waals surface area contributed by atoms with Crippen molar-refractivity contribution in [2.24, 2.45) is 5.16 Å². The van der Waals surface area contributed by atoms with Gasteiger partial charge in [-0.2, -0.15) is 13.2 Å². The van der Waals surface area contributed by atoms with Gasteiger partial charge in [-0.1, -0.05) is 47.6 Å². The van der Waals surface area contributed by atoms with E-state index in [-0.39, 0.29) is 19.0 Å². The summed E-state index contributed by atoms with van der Waals surface area (Å²) in [7, 11) is 0. The number of rotatable bonds is 8. The molecule has 0 aliphatic rings. The maximum atomic E-state index is 12.6. The molecule has 4 rings (SSSR count). The molecule has 34 heavy (non-hydrogen) atoms. The Morgan fingerprint density at radius 3 is 2.41 bits per heavy atom. The van der Waals surface area contributed by atoms with Crippen LogP contribution in [-0.4, -0.2) is 18.1 Å². The molecule has 0 saturated heterocycles. The van der Waals surface area contributed by atoms with E-state index < -0.39 is 11.7 Å². The number of carbonyl (C=O) groups is 1. The second kappa shape index (κ2) is 9.82. The molecule has 0 unspecified atom stereocenters. The molecule has 0 amide bonds. The summed E-state index contributed by atoms with van der Waals surface area (Å²) < 4.78 is 49.3. The smallest absolute Gasteiger partial charge is 0.416 e. The Bertz CT molecular complexity index is 1310. The molecule has 0 aliphatic carbocycles. The number of furan rings is 1. The maximum Gasteiger partial charge on any atom is 0.416 e. The SMILES string of the molecule is C/C(=N\OCc1ccc(C(F)(F)F)cc1)c1cc2cc(OCC(=O)c3ccccc3)ccc2o1. The van der Waals surface area contributed by atoms with E-state index in [4.69, 9.17) is 14.0 Å². The Hall–Kier alpha value is -4.07. The van der Waals surface area contributed by atoms with Crippen LogP contribution in [0.15, 0.2) is 88.4 Å². The lowest BCUT2D eigenvalue weighted by Gasteiger charge is -2.07. The van der Waals surface area contributed by atoms with Crippen LogP contribution in [-0.2, 0) is 17.6 Å². The lowest BCUT2D eigenvalue weighted by Crippen LogP contribution is -2.11. The van der Waals surface area contributed by atoms with E-state index in [0.29, 0.717) is 33.9 Å². The van der Waals surface area contributed by atoms with Gasteiger partial charge in [-0.3, -0.25) is 4.79 Å². The van der Waals surface area contributed by atoms with Gasteiger partial charge in [-0.25, -0.2) is 0 Å². The molecule has 0 aliphatic heterocycles. The summed E-state index contributed by atoms with van der Waals surface area (Å²) in [5, 5.41) is 4.76. The lowest BCUT2D eigenvalue weighted by molar-refractivity contribution is -0.137. The van der Waals surface area contributed by atoms with Crippen LogP contribution in [0.3, 0.4) is 0 Å². The summed E-state index contributed by atoms with van der Waals surface area (Å²) in [6.45, 7) is 1.63. The van der Waals surface area contributed by atoms with Crippen LogP contribution in [0.5, 0.6) is 5.75 Å². The molecule has 0 saturated carbocycles. The Balaban J connectivity index is 1.37. The number of nitrogens with zero attached hydrogens (tertiary/aromatic N) is 1. The molecule has 3 aromatic carbocycles. The number of carbonyl (C=O) groups excluding carboxylic acids is 1. The summed E-state index contributed by atoms with van der Waals surface area (Å²) in [6.07, 6.45) is -4.38. The first-order valence-corrected chi connectivity index (χ1v) is 10.4. The van der Waals surface area contributed by atoms with Crippen LogP contribution in [0, 0.1) is 0 Å². The van der Waals surface area contributed by atoms with Crippen molar-refractivity contribution in [3.63, 3.8) is 0 Å². The molecule has 4 aromatic rings. The first-order valence-electron chi connectivity index (χ1n) is 10.4. The topological polar surface area (TPSA) is 61.0 Å². The molecular formula is C26H20F3NO4. The van der Waals surface area contributed by atoms with Gasteiger partial charge in [0.1, 0.15) is 23.7 Å². The van der Waals surface area contributed by atoms with Crippen LogP contribution >= 0.6 is 0 Å². The molecule has 0 bridgehead atoms. The highest BCUT2D eigenvalue weighted by molar-refractivity contribution is 5.99. The normalized spacial score (nSPS) is 12.1. The Morgan fingerprint density at radius 1 is 0.971 bits per heavy atom. The van der Waals surface area contributed by atoms with Crippen LogP contribution < -0.4 is 4.74 Å². The summed E-state index contributed by atoms with van der Waals surface area (Å²) in [5.74, 6) is 0.874. The summed E-state index contributed by atoms with van der Waals surface area (Å²) in [4.78, 5) is 17.5. The third-order valence-corrected chi connectivity index (χ3v) is 5.02. The van der Waals surface area contributed by atoms with Crippen LogP contribution in [0.2, 0.25) is 0 Å². The number of hydrogen-bond acceptors (Lipinski definition) is 5. The minimum atomic E-state index is -4.38. The number of ketones is 1. The number of ether oxygens (including phenoxy) is 1. The van der Waals surface area contributed by atoms with E-state index in [1.54, 1.807) is 55.5 Å². The highest BCUT2D eigenvalue weighted by Crippen LogP contribution is 2.29. The van der Waals surface area contributed by atoms with Gasteiger partial charge in [0.25, 0.3) is 0 Å². The third-order valence-electron chi connectivity index (χ3n) is 5.02. The van der Waals surface area contributed by atoms with Gasteiger partial charge in [0, 0.05) is 10.9 Å². The fourth-order valence-electron chi connectivity index (χ4n) is 3.18. The van der Waals surface area contributed by atoms with Crippen LogP contribution in [0.4, 0.5) is 13.2 Å². The molecule has 0 N–H and O–H groups in total. The molecule has 5 nitrogen and oxygen atoms in total. The molecule has 1 aromatic heterocycles. The van der Waals surface area contributed by atoms with Crippen molar-refractivity contribution < 1.29 is 32.0 Å². The number of fused-ring (bicyclic) bond motifs is 1. The van der Waals surface area contributed by atoms with Crippen molar-refractivity contribution in [1.29, 1.82) is 0 Å². The van der Waals surface area contributed by atoms with Crippen LogP contribution in [0.1, 0.15) is 34.2 Å². The number of halogens is 3. The summed E-state index contributed by atoms with van der Waals surface area (Å²) >= 11 is 0. The first kappa shape index (κ1) is 23.1. The molecule has 0 fully saturated rings. The fourth-order valence-corrected chi connectivity index (χ4v) is 3.18. The van der Waals surface area contributed by atoms with E-state index in [0.717, 1.165) is 17.5 Å². The van der Waals surface area contributed by atoms with Gasteiger partial charge in [-0.05, 0) is 48.9 Å². The summed E-state index contributed by atoms with van der Waals surface area (Å²) in [5.41, 5.74) is 1.49. The number of alkyl halides is 3. The van der Waals surface area contributed by atoms with Gasteiger partial charge in [0.05, 0.1) is 5.56 Å². The van der Waals surface area contributed by atoms with E-state index in [2.05, 4.69) is 5.16 Å². The van der Waals surface area contributed by atoms with Crippen molar-refractivity contribution in [1.82, 2.24) is 0 Å². The fraction of sp³-hybridized carbons (Fsp3) is 0.154. The minimum absolute atomic E-state index is 0.0170. The third kappa shape index (κ3) is 5.64. The van der Waals surface area contributed by atoms with E-state index in [1.165, 1.54) is 12.1 Å². The average Bonchev–Trinajstić information content (AvgIpc) is 3.26. The van der Waals surface area contributed by atoms with E-state index in [9.17, 15) is 18.0 Å². The van der Waals surface area contributed by atoms with Gasteiger partial charge >= 0.3 is 6.18 Å². The van der Waals surface area contributed by atoms with E-state index in [1.807, 2.05) is 6.07 Å². The molecule has 0 radical (unpaired) electrons. The van der Waals surface area contributed by atoms with Gasteiger partial charge in [0.15, 0.2) is 18.2 Å². The van der Waals surface area contributed by atoms with Gasteiger partial charge in [0.2, 0.25) is 0 Å². The monoisotopic (exact) mass is 467 g/mol. The number of hydrogen-bond donors (Lipinski definition) is 0. The van der Waals surface area contributed by atoms with Crippen molar-refractivity contribution in [2.75, 3.05) is 6.61 Å². The number of benzene rings is 3. The van der Waals surface area contributed by atoms with Crippen LogP contribution in [0.25, 0.3) is 11.0 Å². The predicted molar refractivity (Wildman–Crippen MR) is 121 cm³/mol. The molecule has 0 spiro atoms. The van der Waals surface area contributed by atoms with Crippen molar-refractivity contribution in [3.8, 4) is 5.75 Å². The largest absolute Gasteiger partial charge is 0.485 e. The zero-order valence-corrected chi connectivity index (χ0v) is 18.1. The molecule has 1 heterocycles. The number of Topliss-reactive ketones (excluding diaryl/α,β-unsaturated/α-hetero) is 1. The second-order valence-corrected chi connectivity index (χ2v) is 7.53. The molecule has 174 valence electrons. The summed E-state index contributed by atoms with van der Waals surface area (Å²) in [6, 6.07) is 20.6. The quantitative estimate of drug-likeness (QED) is 0.165. The Kier molecular flexibility index (Phi) is 6.67. The zero-order valence-electron chi connectivity index (χ0n) is 18.1. The van der Waals surface area contributed by atoms with Crippen molar-refractivity contribution in [2.45, 2.75) is 19.7 Å². The zero-order chi connectivity index (χ0) is 24.1. The predicted octanol–water partition coefficient (Wildman–Crippen LogP) is 6.65. The highest BCUT2D eigenvalue weighted by Gasteiger charge is 2.29. The maximum absolute atomic E-state index is 12.6.